The lowest BCUT2D eigenvalue weighted by molar-refractivity contribution is -0.136. The summed E-state index contributed by atoms with van der Waals surface area (Å²) in [5.41, 5.74) is 9.72. The van der Waals surface area contributed by atoms with Crippen molar-refractivity contribution in [1.29, 1.82) is 0 Å². The van der Waals surface area contributed by atoms with Crippen LogP contribution in [0.5, 0.6) is 0 Å². The Hall–Kier alpha value is -1.11. The Kier molecular flexibility index (Phi) is 5.05. The van der Waals surface area contributed by atoms with Gasteiger partial charge in [0.25, 0.3) is 0 Å². The second kappa shape index (κ2) is 5.52. The van der Waals surface area contributed by atoms with Crippen LogP contribution < -0.4 is 11.5 Å². The molecule has 0 aromatic heterocycles. The molecule has 7 heteroatoms. The highest BCUT2D eigenvalue weighted by molar-refractivity contribution is 9.09. The second-order valence-electron chi connectivity index (χ2n) is 2.32. The predicted molar refractivity (Wildman–Crippen MR) is 48.8 cm³/mol. The maximum absolute atomic E-state index is 11.0. The molecule has 0 aliphatic heterocycles. The molecule has 0 saturated heterocycles. The topological polar surface area (TPSA) is 106 Å². The SMILES string of the molecule is NC(=O)CN(CC(N)=O)C(=O)CBr. The zero-order chi connectivity index (χ0) is 10.4. The molecule has 74 valence electrons. The minimum atomic E-state index is -0.685. The van der Waals surface area contributed by atoms with Crippen LogP contribution in [0.2, 0.25) is 0 Å². The van der Waals surface area contributed by atoms with Gasteiger partial charge in [-0.15, -0.1) is 0 Å². The molecule has 0 aliphatic rings. The Morgan fingerprint density at radius 1 is 1.08 bits per heavy atom. The van der Waals surface area contributed by atoms with Gasteiger partial charge in [0.05, 0.1) is 18.4 Å². The Balaban J connectivity index is 4.26. The molecule has 13 heavy (non-hydrogen) atoms. The monoisotopic (exact) mass is 251 g/mol. The summed E-state index contributed by atoms with van der Waals surface area (Å²) in [7, 11) is 0. The number of primary amides is 2. The Morgan fingerprint density at radius 3 is 1.69 bits per heavy atom. The highest BCUT2D eigenvalue weighted by Gasteiger charge is 2.16. The van der Waals surface area contributed by atoms with Crippen molar-refractivity contribution >= 4 is 33.7 Å². The van der Waals surface area contributed by atoms with E-state index in [1.54, 1.807) is 0 Å². The zero-order valence-corrected chi connectivity index (χ0v) is 8.41. The average molecular weight is 252 g/mol. The second-order valence-corrected chi connectivity index (χ2v) is 2.88. The van der Waals surface area contributed by atoms with Crippen molar-refractivity contribution in [3.05, 3.63) is 0 Å². The van der Waals surface area contributed by atoms with E-state index >= 15 is 0 Å². The first-order valence-corrected chi connectivity index (χ1v) is 4.50. The number of alkyl halides is 1. The number of nitrogens with two attached hydrogens (primary N) is 2. The fraction of sp³-hybridized carbons (Fsp3) is 0.500. The lowest BCUT2D eigenvalue weighted by Gasteiger charge is -2.17. The quantitative estimate of drug-likeness (QED) is 0.562. The molecule has 0 unspecified atom stereocenters. The van der Waals surface area contributed by atoms with Crippen molar-refractivity contribution in [2.75, 3.05) is 18.4 Å². The van der Waals surface area contributed by atoms with Crippen LogP contribution in [-0.4, -0.2) is 41.0 Å². The molecule has 0 saturated carbocycles. The lowest BCUT2D eigenvalue weighted by atomic mass is 10.4. The fourth-order valence-electron chi connectivity index (χ4n) is 0.693. The minimum Gasteiger partial charge on any atom is -0.368 e. The highest BCUT2D eigenvalue weighted by Crippen LogP contribution is 1.92. The van der Waals surface area contributed by atoms with E-state index in [2.05, 4.69) is 15.9 Å². The van der Waals surface area contributed by atoms with Crippen molar-refractivity contribution in [1.82, 2.24) is 4.90 Å². The van der Waals surface area contributed by atoms with Gasteiger partial charge in [-0.3, -0.25) is 14.4 Å². The highest BCUT2D eigenvalue weighted by atomic mass is 79.9. The van der Waals surface area contributed by atoms with Crippen LogP contribution >= 0.6 is 15.9 Å². The molecule has 0 fully saturated rings. The van der Waals surface area contributed by atoms with Crippen LogP contribution in [0.3, 0.4) is 0 Å². The number of carbonyl (C=O) groups is 3. The van der Waals surface area contributed by atoms with Gasteiger partial charge in [-0.2, -0.15) is 0 Å². The van der Waals surface area contributed by atoms with Gasteiger partial charge in [-0.25, -0.2) is 0 Å². The predicted octanol–water partition coefficient (Wildman–Crippen LogP) is -1.82. The number of hydrogen-bond acceptors (Lipinski definition) is 3. The minimum absolute atomic E-state index is 0.0214. The van der Waals surface area contributed by atoms with E-state index < -0.39 is 17.7 Å². The van der Waals surface area contributed by atoms with Gasteiger partial charge in [-0.1, -0.05) is 15.9 Å². The molecule has 0 aliphatic carbocycles. The standard InChI is InChI=1S/C6H10BrN3O3/c7-1-6(13)10(2-4(8)11)3-5(9)12/h1-3H2,(H2,8,11)(H2,9,12). The van der Waals surface area contributed by atoms with Crippen LogP contribution in [0.1, 0.15) is 0 Å². The summed E-state index contributed by atoms with van der Waals surface area (Å²) in [5.74, 6) is -1.77. The van der Waals surface area contributed by atoms with Crippen LogP contribution in [0, 0.1) is 0 Å². The first-order chi connectivity index (χ1) is 5.97. The van der Waals surface area contributed by atoms with E-state index in [1.165, 1.54) is 0 Å². The van der Waals surface area contributed by atoms with E-state index in [0.717, 1.165) is 4.90 Å². The first-order valence-electron chi connectivity index (χ1n) is 3.37. The van der Waals surface area contributed by atoms with Crippen LogP contribution in [0.25, 0.3) is 0 Å². The van der Waals surface area contributed by atoms with Crippen molar-refractivity contribution < 1.29 is 14.4 Å². The van der Waals surface area contributed by atoms with E-state index in [0.29, 0.717) is 0 Å². The van der Waals surface area contributed by atoms with Gasteiger partial charge < -0.3 is 16.4 Å². The van der Waals surface area contributed by atoms with Crippen molar-refractivity contribution in [2.45, 2.75) is 0 Å². The molecule has 0 aromatic rings. The number of amides is 3. The Morgan fingerprint density at radius 2 is 1.46 bits per heavy atom. The molecule has 0 aromatic carbocycles. The summed E-state index contributed by atoms with van der Waals surface area (Å²) in [6.45, 7) is -0.596. The van der Waals surface area contributed by atoms with Crippen LogP contribution in [0.4, 0.5) is 0 Å². The molecule has 3 amide bonds. The van der Waals surface area contributed by atoms with E-state index in [9.17, 15) is 14.4 Å². The summed E-state index contributed by atoms with van der Waals surface area (Å²) in [4.78, 5) is 33.0. The number of carbonyl (C=O) groups excluding carboxylic acids is 3. The van der Waals surface area contributed by atoms with Crippen molar-refractivity contribution in [2.24, 2.45) is 11.5 Å². The van der Waals surface area contributed by atoms with Gasteiger partial charge in [0.1, 0.15) is 0 Å². The molecule has 6 nitrogen and oxygen atoms in total. The van der Waals surface area contributed by atoms with Crippen LogP contribution in [0.15, 0.2) is 0 Å². The number of rotatable bonds is 5. The summed E-state index contributed by atoms with van der Waals surface area (Å²) in [6.07, 6.45) is 0. The van der Waals surface area contributed by atoms with Gasteiger partial charge in [0.15, 0.2) is 0 Å². The third kappa shape index (κ3) is 5.18. The van der Waals surface area contributed by atoms with Crippen molar-refractivity contribution in [3.8, 4) is 0 Å². The van der Waals surface area contributed by atoms with E-state index in [4.69, 9.17) is 11.5 Å². The largest absolute Gasteiger partial charge is 0.368 e. The summed E-state index contributed by atoms with van der Waals surface area (Å²) in [6, 6.07) is 0. The molecule has 0 radical (unpaired) electrons. The fourth-order valence-corrected chi connectivity index (χ4v) is 1.05. The number of hydrogen-bond donors (Lipinski definition) is 2. The molecule has 0 bridgehead atoms. The Labute approximate surface area is 83.4 Å². The van der Waals surface area contributed by atoms with Crippen LogP contribution in [-0.2, 0) is 14.4 Å². The third-order valence-electron chi connectivity index (χ3n) is 1.16. The average Bonchev–Trinajstić information content (AvgIpc) is 2.00. The molecular weight excluding hydrogens is 242 g/mol. The molecule has 4 N–H and O–H groups in total. The summed E-state index contributed by atoms with van der Waals surface area (Å²) < 4.78 is 0. The van der Waals surface area contributed by atoms with Gasteiger partial charge >= 0.3 is 0 Å². The van der Waals surface area contributed by atoms with E-state index in [-0.39, 0.29) is 18.4 Å². The maximum atomic E-state index is 11.0. The van der Waals surface area contributed by atoms with Crippen molar-refractivity contribution in [3.63, 3.8) is 0 Å². The molecule has 0 spiro atoms. The summed E-state index contributed by atoms with van der Waals surface area (Å²) >= 11 is 2.90. The summed E-state index contributed by atoms with van der Waals surface area (Å²) in [5, 5.41) is 0.0214. The maximum Gasteiger partial charge on any atom is 0.237 e. The van der Waals surface area contributed by atoms with Gasteiger partial charge in [0, 0.05) is 0 Å². The third-order valence-corrected chi connectivity index (χ3v) is 1.64. The Bertz CT molecular complexity index is 215. The molecule has 0 rings (SSSR count). The van der Waals surface area contributed by atoms with E-state index in [1.807, 2.05) is 0 Å². The van der Waals surface area contributed by atoms with Gasteiger partial charge in [-0.05, 0) is 0 Å². The molecular formula is C6H10BrN3O3. The van der Waals surface area contributed by atoms with Gasteiger partial charge in [0.2, 0.25) is 17.7 Å². The normalized spacial score (nSPS) is 9.31. The first kappa shape index (κ1) is 11.9. The number of halogens is 1. The lowest BCUT2D eigenvalue weighted by Crippen LogP contribution is -2.43. The number of nitrogens with zero attached hydrogens (tertiary/aromatic N) is 1. The molecule has 0 atom stereocenters. The zero-order valence-electron chi connectivity index (χ0n) is 6.83. The molecule has 0 heterocycles. The smallest absolute Gasteiger partial charge is 0.237 e.